The third-order valence-electron chi connectivity index (χ3n) is 6.60. The Kier molecular flexibility index (Phi) is 6.77. The summed E-state index contributed by atoms with van der Waals surface area (Å²) in [6.07, 6.45) is 3.20. The average Bonchev–Trinajstić information content (AvgIpc) is 3.66. The highest BCUT2D eigenvalue weighted by Crippen LogP contribution is 2.36. The lowest BCUT2D eigenvalue weighted by molar-refractivity contribution is -0.137. The highest BCUT2D eigenvalue weighted by Gasteiger charge is 2.39. The van der Waals surface area contributed by atoms with E-state index in [2.05, 4.69) is 5.32 Å². The number of benzene rings is 2. The predicted molar refractivity (Wildman–Crippen MR) is 121 cm³/mol. The molecule has 0 spiro atoms. The molecule has 5 nitrogen and oxygen atoms in total. The maximum Gasteiger partial charge on any atom is 0.225 e. The van der Waals surface area contributed by atoms with Gasteiger partial charge in [0.2, 0.25) is 11.8 Å². The topological polar surface area (TPSA) is 58.6 Å². The van der Waals surface area contributed by atoms with Gasteiger partial charge in [0.1, 0.15) is 11.6 Å². The van der Waals surface area contributed by atoms with Crippen LogP contribution in [-0.2, 0) is 16.0 Å². The number of likely N-dealkylation sites (tertiary alicyclic amines) is 1. The summed E-state index contributed by atoms with van der Waals surface area (Å²) in [4.78, 5) is 27.7. The molecule has 170 valence electrons. The van der Waals surface area contributed by atoms with Gasteiger partial charge in [0.15, 0.2) is 0 Å². The molecule has 2 atom stereocenters. The molecule has 1 aliphatic heterocycles. The van der Waals surface area contributed by atoms with Crippen molar-refractivity contribution in [1.29, 1.82) is 0 Å². The molecule has 6 heteroatoms. The summed E-state index contributed by atoms with van der Waals surface area (Å²) in [5.74, 6) is 0.555. The number of nitrogens with zero attached hydrogens (tertiary/aromatic N) is 1. The Labute approximate surface area is 188 Å². The van der Waals surface area contributed by atoms with Gasteiger partial charge >= 0.3 is 0 Å². The number of ether oxygens (including phenoxy) is 1. The van der Waals surface area contributed by atoms with Crippen LogP contribution in [0.3, 0.4) is 0 Å². The Morgan fingerprint density at radius 1 is 1.12 bits per heavy atom. The number of halogens is 1. The van der Waals surface area contributed by atoms with Gasteiger partial charge in [-0.25, -0.2) is 4.39 Å². The van der Waals surface area contributed by atoms with Gasteiger partial charge in [-0.3, -0.25) is 9.59 Å². The van der Waals surface area contributed by atoms with E-state index in [4.69, 9.17) is 4.74 Å². The van der Waals surface area contributed by atoms with Crippen molar-refractivity contribution in [3.05, 3.63) is 65.0 Å². The Morgan fingerprint density at radius 3 is 2.62 bits per heavy atom. The summed E-state index contributed by atoms with van der Waals surface area (Å²) in [5, 5.41) is 3.06. The van der Waals surface area contributed by atoms with E-state index in [0.29, 0.717) is 38.0 Å². The molecule has 2 aromatic rings. The second kappa shape index (κ2) is 9.72. The number of carbonyl (C=O) groups is 2. The first-order valence-electron chi connectivity index (χ1n) is 11.4. The van der Waals surface area contributed by atoms with Crippen LogP contribution in [0.25, 0.3) is 0 Å². The molecule has 0 aromatic heterocycles. The summed E-state index contributed by atoms with van der Waals surface area (Å²) < 4.78 is 19.2. The summed E-state index contributed by atoms with van der Waals surface area (Å²) in [7, 11) is 1.64. The molecule has 2 aliphatic rings. The molecule has 4 rings (SSSR count). The van der Waals surface area contributed by atoms with Crippen molar-refractivity contribution in [2.24, 2.45) is 11.8 Å². The lowest BCUT2D eigenvalue weighted by atomic mass is 9.83. The van der Waals surface area contributed by atoms with Crippen molar-refractivity contribution < 1.29 is 18.7 Å². The van der Waals surface area contributed by atoms with E-state index in [1.165, 1.54) is 6.07 Å². The zero-order valence-corrected chi connectivity index (χ0v) is 18.8. The van der Waals surface area contributed by atoms with E-state index in [-0.39, 0.29) is 35.4 Å². The molecule has 0 bridgehead atoms. The van der Waals surface area contributed by atoms with Crippen LogP contribution in [0.4, 0.5) is 4.39 Å². The fourth-order valence-electron chi connectivity index (χ4n) is 4.60. The number of hydrogen-bond acceptors (Lipinski definition) is 3. The third-order valence-corrected chi connectivity index (χ3v) is 6.60. The van der Waals surface area contributed by atoms with Crippen LogP contribution >= 0.6 is 0 Å². The monoisotopic (exact) mass is 438 g/mol. The minimum atomic E-state index is -0.278. The number of carbonyl (C=O) groups excluding carboxylic acids is 2. The van der Waals surface area contributed by atoms with Crippen molar-refractivity contribution in [2.45, 2.75) is 38.5 Å². The Bertz CT molecular complexity index is 989. The number of aryl methyl sites for hydroxylation is 1. The van der Waals surface area contributed by atoms with Crippen molar-refractivity contribution in [1.82, 2.24) is 10.2 Å². The van der Waals surface area contributed by atoms with Crippen LogP contribution < -0.4 is 10.1 Å². The smallest absolute Gasteiger partial charge is 0.225 e. The van der Waals surface area contributed by atoms with Crippen molar-refractivity contribution in [3.8, 4) is 5.75 Å². The molecule has 1 saturated heterocycles. The number of para-hydroxylation sites is 1. The Hall–Kier alpha value is -2.89. The van der Waals surface area contributed by atoms with Gasteiger partial charge in [-0.2, -0.15) is 0 Å². The van der Waals surface area contributed by atoms with E-state index in [1.54, 1.807) is 20.1 Å². The molecule has 2 amide bonds. The van der Waals surface area contributed by atoms with Gasteiger partial charge in [-0.1, -0.05) is 30.3 Å². The van der Waals surface area contributed by atoms with Crippen molar-refractivity contribution >= 4 is 11.8 Å². The van der Waals surface area contributed by atoms with E-state index >= 15 is 0 Å². The number of nitrogens with one attached hydrogen (secondary N) is 1. The highest BCUT2D eigenvalue weighted by molar-refractivity contribution is 5.83. The number of methoxy groups -OCH3 is 1. The summed E-state index contributed by atoms with van der Waals surface area (Å²) in [6.45, 7) is 3.29. The second-order valence-corrected chi connectivity index (χ2v) is 9.01. The predicted octanol–water partition coefficient (Wildman–Crippen LogP) is 3.84. The molecule has 2 aromatic carbocycles. The molecular formula is C26H31FN2O3. The largest absolute Gasteiger partial charge is 0.496 e. The molecular weight excluding hydrogens is 407 g/mol. The SMILES string of the molecule is COc1ccccc1CCNC(=O)[C@H]1C[C@@H](c2ccc(F)c(C)c2)CN(C(=O)C2CC2)C1. The normalized spacial score (nSPS) is 20.7. The van der Waals surface area contributed by atoms with Gasteiger partial charge in [0.25, 0.3) is 0 Å². The van der Waals surface area contributed by atoms with E-state index in [0.717, 1.165) is 29.7 Å². The quantitative estimate of drug-likeness (QED) is 0.715. The van der Waals surface area contributed by atoms with Crippen LogP contribution in [-0.4, -0.2) is 43.5 Å². The van der Waals surface area contributed by atoms with Crippen molar-refractivity contribution in [3.63, 3.8) is 0 Å². The van der Waals surface area contributed by atoms with E-state index < -0.39 is 0 Å². The average molecular weight is 439 g/mol. The van der Waals surface area contributed by atoms with Gasteiger partial charge in [-0.05, 0) is 61.4 Å². The minimum Gasteiger partial charge on any atom is -0.496 e. The summed E-state index contributed by atoms with van der Waals surface area (Å²) in [6, 6.07) is 12.9. The van der Waals surface area contributed by atoms with Gasteiger partial charge in [-0.15, -0.1) is 0 Å². The summed E-state index contributed by atoms with van der Waals surface area (Å²) in [5.41, 5.74) is 2.62. The Balaban J connectivity index is 1.43. The van der Waals surface area contributed by atoms with Crippen LogP contribution in [0, 0.1) is 24.6 Å². The van der Waals surface area contributed by atoms with Gasteiger partial charge < -0.3 is 15.0 Å². The zero-order valence-electron chi connectivity index (χ0n) is 18.8. The molecule has 1 aliphatic carbocycles. The molecule has 32 heavy (non-hydrogen) atoms. The van der Waals surface area contributed by atoms with Crippen LogP contribution in [0.1, 0.15) is 41.9 Å². The molecule has 0 unspecified atom stereocenters. The van der Waals surface area contributed by atoms with Crippen LogP contribution in [0.2, 0.25) is 0 Å². The number of hydrogen-bond donors (Lipinski definition) is 1. The molecule has 1 saturated carbocycles. The first kappa shape index (κ1) is 22.3. The second-order valence-electron chi connectivity index (χ2n) is 9.01. The lowest BCUT2D eigenvalue weighted by Gasteiger charge is -2.37. The lowest BCUT2D eigenvalue weighted by Crippen LogP contribution is -2.48. The van der Waals surface area contributed by atoms with Gasteiger partial charge in [0, 0.05) is 31.5 Å². The number of rotatable bonds is 7. The fourth-order valence-corrected chi connectivity index (χ4v) is 4.60. The number of piperidine rings is 1. The molecule has 1 N–H and O–H groups in total. The highest BCUT2D eigenvalue weighted by atomic mass is 19.1. The Morgan fingerprint density at radius 2 is 1.91 bits per heavy atom. The van der Waals surface area contributed by atoms with Crippen LogP contribution in [0.5, 0.6) is 5.75 Å². The zero-order chi connectivity index (χ0) is 22.7. The van der Waals surface area contributed by atoms with E-state index in [1.807, 2.05) is 35.2 Å². The van der Waals surface area contributed by atoms with Crippen LogP contribution in [0.15, 0.2) is 42.5 Å². The third kappa shape index (κ3) is 5.12. The maximum absolute atomic E-state index is 13.8. The first-order valence-corrected chi connectivity index (χ1v) is 11.4. The number of amides is 2. The fraction of sp³-hybridized carbons (Fsp3) is 0.462. The van der Waals surface area contributed by atoms with Gasteiger partial charge in [0.05, 0.1) is 13.0 Å². The van der Waals surface area contributed by atoms with E-state index in [9.17, 15) is 14.0 Å². The summed E-state index contributed by atoms with van der Waals surface area (Å²) >= 11 is 0. The minimum absolute atomic E-state index is 0.0238. The maximum atomic E-state index is 13.8. The standard InChI is InChI=1S/C26H31FN2O3/c1-17-13-20(9-10-23(17)27)21-14-22(16-29(15-21)26(31)19-7-8-19)25(30)28-12-11-18-5-3-4-6-24(18)32-2/h3-6,9-10,13,19,21-22H,7-8,11-12,14-16H2,1-2H3,(H,28,30)/t21-,22+/m1/s1. The molecule has 1 heterocycles. The molecule has 0 radical (unpaired) electrons. The van der Waals surface area contributed by atoms with Crippen molar-refractivity contribution in [2.75, 3.05) is 26.7 Å². The first-order chi connectivity index (χ1) is 15.5. The molecule has 2 fully saturated rings.